The number of phenolic OH excluding ortho intramolecular Hbond substituents is 1. The average Bonchev–Trinajstić information content (AvgIpc) is 2.29. The van der Waals surface area contributed by atoms with E-state index in [9.17, 15) is 10.2 Å². The summed E-state index contributed by atoms with van der Waals surface area (Å²) in [5.41, 5.74) is 7.18. The molecule has 0 spiro atoms. The van der Waals surface area contributed by atoms with Gasteiger partial charge in [-0.1, -0.05) is 6.92 Å². The van der Waals surface area contributed by atoms with Crippen LogP contribution in [0.3, 0.4) is 0 Å². The maximum absolute atomic E-state index is 9.82. The molecule has 0 saturated carbocycles. The summed E-state index contributed by atoms with van der Waals surface area (Å²) in [4.78, 5) is 2.15. The molecule has 2 atom stereocenters. The van der Waals surface area contributed by atoms with Crippen LogP contribution in [0.15, 0.2) is 18.2 Å². The quantitative estimate of drug-likeness (QED) is 0.532. The van der Waals surface area contributed by atoms with Gasteiger partial charge in [0.25, 0.3) is 0 Å². The highest BCUT2D eigenvalue weighted by atomic mass is 16.3. The number of anilines is 1. The summed E-state index contributed by atoms with van der Waals surface area (Å²) >= 11 is 0. The largest absolute Gasteiger partial charge is 0.508 e. The molecule has 94 valence electrons. The summed E-state index contributed by atoms with van der Waals surface area (Å²) in [5, 5.41) is 19.6. The van der Waals surface area contributed by atoms with Crippen molar-refractivity contribution in [2.45, 2.75) is 26.0 Å². The molecule has 1 aromatic rings. The Morgan fingerprint density at radius 2 is 2.24 bits per heavy atom. The maximum Gasteiger partial charge on any atom is 0.120 e. The van der Waals surface area contributed by atoms with Crippen molar-refractivity contribution in [3.8, 4) is 5.75 Å². The van der Waals surface area contributed by atoms with E-state index in [-0.39, 0.29) is 11.9 Å². The first kappa shape index (κ1) is 12.2. The van der Waals surface area contributed by atoms with E-state index >= 15 is 0 Å². The van der Waals surface area contributed by atoms with Gasteiger partial charge >= 0.3 is 0 Å². The lowest BCUT2D eigenvalue weighted by molar-refractivity contribution is 0.0256. The van der Waals surface area contributed by atoms with E-state index in [2.05, 4.69) is 11.8 Å². The van der Waals surface area contributed by atoms with Gasteiger partial charge in [-0.2, -0.15) is 0 Å². The lowest BCUT2D eigenvalue weighted by atomic mass is 9.95. The second-order valence-corrected chi connectivity index (χ2v) is 4.96. The average molecular weight is 236 g/mol. The molecule has 1 aliphatic heterocycles. The van der Waals surface area contributed by atoms with Crippen molar-refractivity contribution in [1.82, 2.24) is 4.90 Å². The van der Waals surface area contributed by atoms with Gasteiger partial charge in [-0.25, -0.2) is 0 Å². The second-order valence-electron chi connectivity index (χ2n) is 4.96. The Hall–Kier alpha value is -1.26. The highest BCUT2D eigenvalue weighted by Crippen LogP contribution is 2.24. The first-order valence-electron chi connectivity index (χ1n) is 6.04. The van der Waals surface area contributed by atoms with Crippen molar-refractivity contribution in [1.29, 1.82) is 0 Å². The summed E-state index contributed by atoms with van der Waals surface area (Å²) in [7, 11) is 0. The van der Waals surface area contributed by atoms with Crippen LogP contribution < -0.4 is 5.73 Å². The van der Waals surface area contributed by atoms with Gasteiger partial charge in [-0.3, -0.25) is 4.90 Å². The topological polar surface area (TPSA) is 69.7 Å². The number of hydrogen-bond acceptors (Lipinski definition) is 4. The lowest BCUT2D eigenvalue weighted by Gasteiger charge is -2.34. The van der Waals surface area contributed by atoms with Crippen LogP contribution in [0.2, 0.25) is 0 Å². The van der Waals surface area contributed by atoms with Gasteiger partial charge in [0.1, 0.15) is 5.75 Å². The van der Waals surface area contributed by atoms with Crippen molar-refractivity contribution in [2.24, 2.45) is 5.92 Å². The van der Waals surface area contributed by atoms with Crippen LogP contribution in [0, 0.1) is 5.92 Å². The molecule has 0 amide bonds. The molecule has 1 saturated heterocycles. The summed E-state index contributed by atoms with van der Waals surface area (Å²) in [6.45, 7) is 4.32. The minimum Gasteiger partial charge on any atom is -0.508 e. The minimum atomic E-state index is -0.271. The number of β-amino-alcohol motifs (C(OH)–C–C–N with tert-alkyl or cyclic N) is 1. The normalized spacial score (nSPS) is 26.0. The number of nitrogens with zero attached hydrogens (tertiary/aromatic N) is 1. The molecule has 1 aromatic carbocycles. The number of piperidine rings is 1. The van der Waals surface area contributed by atoms with E-state index in [0.717, 1.165) is 18.5 Å². The van der Waals surface area contributed by atoms with Crippen molar-refractivity contribution in [3.05, 3.63) is 23.8 Å². The van der Waals surface area contributed by atoms with Crippen LogP contribution in [0.25, 0.3) is 0 Å². The fourth-order valence-corrected chi connectivity index (χ4v) is 2.23. The van der Waals surface area contributed by atoms with E-state index in [1.165, 1.54) is 0 Å². The number of phenols is 1. The molecule has 4 N–H and O–H groups in total. The van der Waals surface area contributed by atoms with Crippen molar-refractivity contribution in [3.63, 3.8) is 0 Å². The number of aliphatic hydroxyl groups excluding tert-OH is 1. The van der Waals surface area contributed by atoms with Gasteiger partial charge in [0, 0.05) is 24.3 Å². The molecule has 0 bridgehead atoms. The Bertz CT molecular complexity index is 395. The molecule has 2 unspecified atom stereocenters. The predicted octanol–water partition coefficient (Wildman–Crippen LogP) is 1.18. The first-order chi connectivity index (χ1) is 8.06. The number of likely N-dealkylation sites (tertiary alicyclic amines) is 1. The number of aliphatic hydroxyl groups is 1. The SMILES string of the molecule is CC1CCN(Cc2cc(N)ccc2O)CC1O. The third kappa shape index (κ3) is 2.90. The van der Waals surface area contributed by atoms with E-state index in [1.54, 1.807) is 18.2 Å². The van der Waals surface area contributed by atoms with Gasteiger partial charge in [-0.05, 0) is 37.1 Å². The molecule has 1 fully saturated rings. The van der Waals surface area contributed by atoms with E-state index < -0.39 is 0 Å². The Balaban J connectivity index is 2.03. The summed E-state index contributed by atoms with van der Waals surface area (Å²) < 4.78 is 0. The Labute approximate surface area is 102 Å². The standard InChI is InChI=1S/C13H20N2O2/c1-9-4-5-15(8-13(9)17)7-10-6-11(14)2-3-12(10)16/h2-3,6,9,13,16-17H,4-5,7-8,14H2,1H3. The van der Waals surface area contributed by atoms with Gasteiger partial charge in [0.2, 0.25) is 0 Å². The number of rotatable bonds is 2. The molecule has 4 nitrogen and oxygen atoms in total. The maximum atomic E-state index is 9.82. The molecule has 4 heteroatoms. The zero-order valence-electron chi connectivity index (χ0n) is 10.1. The summed E-state index contributed by atoms with van der Waals surface area (Å²) in [6, 6.07) is 5.10. The smallest absolute Gasteiger partial charge is 0.120 e. The number of aromatic hydroxyl groups is 1. The molecular formula is C13H20N2O2. The summed E-state index contributed by atoms with van der Waals surface area (Å²) in [5.74, 6) is 0.632. The molecule has 0 radical (unpaired) electrons. The molecule has 1 heterocycles. The van der Waals surface area contributed by atoms with Crippen LogP contribution in [-0.2, 0) is 6.54 Å². The number of benzene rings is 1. The predicted molar refractivity (Wildman–Crippen MR) is 67.6 cm³/mol. The second kappa shape index (κ2) is 4.94. The van der Waals surface area contributed by atoms with E-state index in [0.29, 0.717) is 24.7 Å². The fraction of sp³-hybridized carbons (Fsp3) is 0.538. The number of hydrogen-bond donors (Lipinski definition) is 3. The third-order valence-electron chi connectivity index (χ3n) is 3.50. The van der Waals surface area contributed by atoms with Crippen molar-refractivity contribution < 1.29 is 10.2 Å². The van der Waals surface area contributed by atoms with E-state index in [1.807, 2.05) is 0 Å². The molecule has 2 rings (SSSR count). The van der Waals surface area contributed by atoms with Gasteiger partial charge < -0.3 is 15.9 Å². The lowest BCUT2D eigenvalue weighted by Crippen LogP contribution is -2.42. The third-order valence-corrected chi connectivity index (χ3v) is 3.50. The fourth-order valence-electron chi connectivity index (χ4n) is 2.23. The first-order valence-corrected chi connectivity index (χ1v) is 6.04. The van der Waals surface area contributed by atoms with Crippen LogP contribution in [-0.4, -0.2) is 34.3 Å². The van der Waals surface area contributed by atoms with Crippen molar-refractivity contribution >= 4 is 5.69 Å². The van der Waals surface area contributed by atoms with Crippen LogP contribution >= 0.6 is 0 Å². The van der Waals surface area contributed by atoms with E-state index in [4.69, 9.17) is 5.73 Å². The zero-order chi connectivity index (χ0) is 12.4. The highest BCUT2D eigenvalue weighted by molar-refractivity contribution is 5.47. The highest BCUT2D eigenvalue weighted by Gasteiger charge is 2.24. The Morgan fingerprint density at radius 3 is 2.94 bits per heavy atom. The molecule has 1 aliphatic rings. The van der Waals surface area contributed by atoms with Gasteiger partial charge in [0.15, 0.2) is 0 Å². The number of nitrogens with two attached hydrogens (primary N) is 1. The molecule has 17 heavy (non-hydrogen) atoms. The summed E-state index contributed by atoms with van der Waals surface area (Å²) in [6.07, 6.45) is 0.719. The Morgan fingerprint density at radius 1 is 1.47 bits per heavy atom. The minimum absolute atomic E-state index is 0.271. The monoisotopic (exact) mass is 236 g/mol. The van der Waals surface area contributed by atoms with Gasteiger partial charge in [0.05, 0.1) is 6.10 Å². The molecule has 0 aliphatic carbocycles. The van der Waals surface area contributed by atoms with Crippen LogP contribution in [0.1, 0.15) is 18.9 Å². The van der Waals surface area contributed by atoms with Crippen LogP contribution in [0.4, 0.5) is 5.69 Å². The molecule has 0 aromatic heterocycles. The number of nitrogen functional groups attached to an aromatic ring is 1. The van der Waals surface area contributed by atoms with Crippen molar-refractivity contribution in [2.75, 3.05) is 18.8 Å². The van der Waals surface area contributed by atoms with Crippen LogP contribution in [0.5, 0.6) is 5.75 Å². The Kier molecular flexibility index (Phi) is 3.54. The zero-order valence-corrected chi connectivity index (χ0v) is 10.1. The molecular weight excluding hydrogens is 216 g/mol. The van der Waals surface area contributed by atoms with Gasteiger partial charge in [-0.15, -0.1) is 0 Å².